The van der Waals surface area contributed by atoms with Crippen molar-refractivity contribution in [3.63, 3.8) is 0 Å². The lowest BCUT2D eigenvalue weighted by atomic mass is 10.1. The fourth-order valence-corrected chi connectivity index (χ4v) is 3.15. The molecule has 4 aromatic rings. The molecule has 0 aliphatic heterocycles. The zero-order chi connectivity index (χ0) is 20.4. The van der Waals surface area contributed by atoms with Crippen LogP contribution in [0.5, 0.6) is 0 Å². The van der Waals surface area contributed by atoms with Gasteiger partial charge in [0.2, 0.25) is 0 Å². The summed E-state index contributed by atoms with van der Waals surface area (Å²) in [4.78, 5) is 15.7. The van der Waals surface area contributed by atoms with Crippen molar-refractivity contribution in [1.82, 2.24) is 19.9 Å². The number of rotatable bonds is 6. The number of carbonyl (C=O) groups is 1. The van der Waals surface area contributed by atoms with Gasteiger partial charge in [-0.1, -0.05) is 24.3 Å². The van der Waals surface area contributed by atoms with Gasteiger partial charge >= 0.3 is 5.97 Å². The number of hydrogen-bond acceptors (Lipinski definition) is 5. The van der Waals surface area contributed by atoms with E-state index in [0.29, 0.717) is 5.65 Å². The summed E-state index contributed by atoms with van der Waals surface area (Å²) in [5, 5.41) is 20.3. The lowest BCUT2D eigenvalue weighted by molar-refractivity contribution is 0.0697. The van der Waals surface area contributed by atoms with Gasteiger partial charge in [-0.15, -0.1) is 0 Å². The van der Waals surface area contributed by atoms with E-state index in [1.807, 2.05) is 44.3 Å². The third kappa shape index (κ3) is 3.81. The van der Waals surface area contributed by atoms with E-state index in [2.05, 4.69) is 26.8 Å². The van der Waals surface area contributed by atoms with Gasteiger partial charge in [-0.05, 0) is 49.9 Å². The van der Waals surface area contributed by atoms with Crippen molar-refractivity contribution >= 4 is 17.3 Å². The molecular weight excluding hydrogens is 366 g/mol. The van der Waals surface area contributed by atoms with Crippen LogP contribution in [-0.4, -0.2) is 38.9 Å². The predicted molar refractivity (Wildman–Crippen MR) is 113 cm³/mol. The Morgan fingerprint density at radius 3 is 2.62 bits per heavy atom. The Balaban J connectivity index is 1.70. The molecule has 0 radical (unpaired) electrons. The highest BCUT2D eigenvalue weighted by molar-refractivity contribution is 5.89. The minimum atomic E-state index is -0.954. The van der Waals surface area contributed by atoms with Crippen molar-refractivity contribution in [1.29, 1.82) is 0 Å². The van der Waals surface area contributed by atoms with Crippen molar-refractivity contribution in [3.05, 3.63) is 72.6 Å². The molecule has 2 aromatic carbocycles. The maximum absolute atomic E-state index is 11.2. The standard InChI is InChI=1S/C22H21N5O2/c1-14(23-2)26-19-8-4-6-16(10-19)20-13-24-21-11-18(12-25-27(20)21)15-5-3-7-17(9-15)22(28)29/h3-14,23,26H,1-2H3,(H,28,29). The van der Waals surface area contributed by atoms with Crippen molar-refractivity contribution in [2.24, 2.45) is 0 Å². The number of hydrogen-bond donors (Lipinski definition) is 3. The molecule has 1 atom stereocenters. The Labute approximate surface area is 168 Å². The number of fused-ring (bicyclic) bond motifs is 1. The van der Waals surface area contributed by atoms with Crippen LogP contribution in [0.3, 0.4) is 0 Å². The molecule has 0 fully saturated rings. The molecule has 0 aliphatic carbocycles. The summed E-state index contributed by atoms with van der Waals surface area (Å²) in [6.07, 6.45) is 3.67. The molecule has 0 saturated heterocycles. The van der Waals surface area contributed by atoms with Gasteiger partial charge < -0.3 is 15.7 Å². The first-order valence-corrected chi connectivity index (χ1v) is 9.27. The summed E-state index contributed by atoms with van der Waals surface area (Å²) in [7, 11) is 1.90. The molecule has 1 unspecified atom stereocenters. The van der Waals surface area contributed by atoms with Crippen LogP contribution in [0.1, 0.15) is 17.3 Å². The average Bonchev–Trinajstić information content (AvgIpc) is 3.17. The van der Waals surface area contributed by atoms with E-state index in [4.69, 9.17) is 0 Å². The molecule has 7 heteroatoms. The number of benzene rings is 2. The van der Waals surface area contributed by atoms with E-state index in [1.54, 1.807) is 35.1 Å². The zero-order valence-corrected chi connectivity index (χ0v) is 16.1. The smallest absolute Gasteiger partial charge is 0.335 e. The van der Waals surface area contributed by atoms with E-state index in [-0.39, 0.29) is 11.7 Å². The topological polar surface area (TPSA) is 91.5 Å². The van der Waals surface area contributed by atoms with Crippen LogP contribution in [0.15, 0.2) is 67.0 Å². The molecule has 29 heavy (non-hydrogen) atoms. The van der Waals surface area contributed by atoms with Gasteiger partial charge in [-0.3, -0.25) is 0 Å². The molecule has 0 amide bonds. The van der Waals surface area contributed by atoms with Gasteiger partial charge in [0, 0.05) is 16.8 Å². The van der Waals surface area contributed by atoms with Crippen molar-refractivity contribution in [2.45, 2.75) is 13.1 Å². The van der Waals surface area contributed by atoms with E-state index in [1.165, 1.54) is 0 Å². The van der Waals surface area contributed by atoms with Crippen LogP contribution in [0, 0.1) is 0 Å². The SMILES string of the molecule is CNC(C)Nc1cccc(-c2cnc3cc(-c4cccc(C(=O)O)c4)cnn23)c1. The highest BCUT2D eigenvalue weighted by Gasteiger charge is 2.11. The highest BCUT2D eigenvalue weighted by Crippen LogP contribution is 2.26. The summed E-state index contributed by atoms with van der Waals surface area (Å²) < 4.78 is 1.78. The number of carboxylic acids is 1. The summed E-state index contributed by atoms with van der Waals surface area (Å²) >= 11 is 0. The first-order valence-electron chi connectivity index (χ1n) is 9.27. The fourth-order valence-electron chi connectivity index (χ4n) is 3.15. The van der Waals surface area contributed by atoms with Gasteiger partial charge in [0.25, 0.3) is 0 Å². The molecule has 2 aromatic heterocycles. The lowest BCUT2D eigenvalue weighted by Gasteiger charge is -2.14. The van der Waals surface area contributed by atoms with E-state index in [0.717, 1.165) is 28.1 Å². The molecule has 0 saturated carbocycles. The second-order valence-corrected chi connectivity index (χ2v) is 6.78. The largest absolute Gasteiger partial charge is 0.478 e. The van der Waals surface area contributed by atoms with Crippen LogP contribution in [0.4, 0.5) is 5.69 Å². The number of aromatic carboxylic acids is 1. The van der Waals surface area contributed by atoms with Gasteiger partial charge in [-0.25, -0.2) is 14.3 Å². The zero-order valence-electron chi connectivity index (χ0n) is 16.1. The summed E-state index contributed by atoms with van der Waals surface area (Å²) in [6, 6.07) is 16.8. The van der Waals surface area contributed by atoms with Gasteiger partial charge in [-0.2, -0.15) is 5.10 Å². The summed E-state index contributed by atoms with van der Waals surface area (Å²) in [6.45, 7) is 2.04. The average molecular weight is 387 g/mol. The summed E-state index contributed by atoms with van der Waals surface area (Å²) in [5.74, 6) is -0.954. The molecule has 0 bridgehead atoms. The number of nitrogens with one attached hydrogen (secondary N) is 2. The predicted octanol–water partition coefficient (Wildman–Crippen LogP) is 3.74. The van der Waals surface area contributed by atoms with Crippen molar-refractivity contribution in [2.75, 3.05) is 12.4 Å². The summed E-state index contributed by atoms with van der Waals surface area (Å²) in [5.41, 5.74) is 5.42. The number of carboxylic acid groups (broad SMARTS) is 1. The van der Waals surface area contributed by atoms with E-state index < -0.39 is 5.97 Å². The van der Waals surface area contributed by atoms with Gasteiger partial charge in [0.05, 0.1) is 29.8 Å². The lowest BCUT2D eigenvalue weighted by Crippen LogP contribution is -2.29. The third-order valence-electron chi connectivity index (χ3n) is 4.78. The molecule has 4 rings (SSSR count). The van der Waals surface area contributed by atoms with Crippen LogP contribution < -0.4 is 10.6 Å². The molecule has 7 nitrogen and oxygen atoms in total. The Hall–Kier alpha value is -3.71. The first kappa shape index (κ1) is 18.6. The van der Waals surface area contributed by atoms with E-state index >= 15 is 0 Å². The molecule has 3 N–H and O–H groups in total. The number of imidazole rings is 1. The minimum absolute atomic E-state index is 0.148. The maximum atomic E-state index is 11.2. The quantitative estimate of drug-likeness (QED) is 0.437. The molecule has 2 heterocycles. The number of anilines is 1. The van der Waals surface area contributed by atoms with Gasteiger partial charge in [0.1, 0.15) is 0 Å². The van der Waals surface area contributed by atoms with Gasteiger partial charge in [0.15, 0.2) is 5.65 Å². The van der Waals surface area contributed by atoms with Crippen molar-refractivity contribution < 1.29 is 9.90 Å². The van der Waals surface area contributed by atoms with Crippen molar-refractivity contribution in [3.8, 4) is 22.4 Å². The molecule has 0 spiro atoms. The Morgan fingerprint density at radius 2 is 1.83 bits per heavy atom. The normalized spacial score (nSPS) is 12.1. The first-order chi connectivity index (χ1) is 14.0. The Kier molecular flexibility index (Phi) is 4.97. The number of nitrogens with zero attached hydrogens (tertiary/aromatic N) is 3. The Bertz CT molecular complexity index is 1180. The fraction of sp³-hybridized carbons (Fsp3) is 0.136. The Morgan fingerprint density at radius 1 is 1.03 bits per heavy atom. The highest BCUT2D eigenvalue weighted by atomic mass is 16.4. The van der Waals surface area contributed by atoms with E-state index in [9.17, 15) is 9.90 Å². The minimum Gasteiger partial charge on any atom is -0.478 e. The number of aromatic nitrogens is 3. The molecule has 0 aliphatic rings. The van der Waals surface area contributed by atoms with Crippen LogP contribution in [-0.2, 0) is 0 Å². The maximum Gasteiger partial charge on any atom is 0.335 e. The monoisotopic (exact) mass is 387 g/mol. The second kappa shape index (κ2) is 7.73. The van der Waals surface area contributed by atoms with Crippen LogP contribution >= 0.6 is 0 Å². The van der Waals surface area contributed by atoms with Crippen LogP contribution in [0.25, 0.3) is 28.0 Å². The molecular formula is C22H21N5O2. The molecule has 146 valence electrons. The van der Waals surface area contributed by atoms with Crippen LogP contribution in [0.2, 0.25) is 0 Å². The second-order valence-electron chi connectivity index (χ2n) is 6.78. The third-order valence-corrected chi connectivity index (χ3v) is 4.78.